The van der Waals surface area contributed by atoms with Gasteiger partial charge in [-0.05, 0) is 26.0 Å². The van der Waals surface area contributed by atoms with Crippen LogP contribution in [0.1, 0.15) is 40.0 Å². The monoisotopic (exact) mass is 220 g/mol. The van der Waals surface area contributed by atoms with Gasteiger partial charge in [-0.25, -0.2) is 0 Å². The van der Waals surface area contributed by atoms with Gasteiger partial charge in [0.15, 0.2) is 0 Å². The summed E-state index contributed by atoms with van der Waals surface area (Å²) in [6.45, 7) is 6.65. The third-order valence-corrected chi connectivity index (χ3v) is 3.02. The van der Waals surface area contributed by atoms with Crippen molar-refractivity contribution in [2.24, 2.45) is 0 Å². The maximum Gasteiger partial charge on any atom is 0.0863 e. The van der Waals surface area contributed by atoms with E-state index in [1.165, 1.54) is 19.3 Å². The molecule has 0 aromatic rings. The Balaban J connectivity index is 3.14. The summed E-state index contributed by atoms with van der Waals surface area (Å²) in [7, 11) is 0. The van der Waals surface area contributed by atoms with E-state index in [-0.39, 0.29) is 12.2 Å². The summed E-state index contributed by atoms with van der Waals surface area (Å²) in [6.07, 6.45) is 3.74. The van der Waals surface area contributed by atoms with Crippen LogP contribution in [0.3, 0.4) is 0 Å². The number of hydrogen-bond acceptors (Lipinski definition) is 3. The quantitative estimate of drug-likeness (QED) is 0.606. The fourth-order valence-electron chi connectivity index (χ4n) is 1.03. The summed E-state index contributed by atoms with van der Waals surface area (Å²) in [4.78, 5) is 0. The van der Waals surface area contributed by atoms with Gasteiger partial charge in [-0.2, -0.15) is 11.8 Å². The molecular weight excluding hydrogens is 196 g/mol. The van der Waals surface area contributed by atoms with Crippen LogP contribution in [0.2, 0.25) is 0 Å². The first-order valence-corrected chi connectivity index (χ1v) is 6.69. The Labute approximate surface area is 92.4 Å². The fourth-order valence-corrected chi connectivity index (χ4v) is 1.97. The molecule has 14 heavy (non-hydrogen) atoms. The molecule has 1 atom stereocenters. The lowest BCUT2D eigenvalue weighted by molar-refractivity contribution is 0.0152. The normalized spacial score (nSPS) is 13.5. The SMILES string of the molecule is CCCCCSCC(O)COC(C)C. The fraction of sp³-hybridized carbons (Fsp3) is 1.00. The van der Waals surface area contributed by atoms with Crippen LogP contribution in [0.25, 0.3) is 0 Å². The first-order valence-electron chi connectivity index (χ1n) is 5.54. The molecule has 0 heterocycles. The predicted octanol–water partition coefficient (Wildman–Crippen LogP) is 2.70. The highest BCUT2D eigenvalue weighted by Gasteiger charge is 2.05. The summed E-state index contributed by atoms with van der Waals surface area (Å²) < 4.78 is 5.32. The van der Waals surface area contributed by atoms with Crippen molar-refractivity contribution in [1.29, 1.82) is 0 Å². The molecule has 0 rings (SSSR count). The lowest BCUT2D eigenvalue weighted by Crippen LogP contribution is -2.20. The summed E-state index contributed by atoms with van der Waals surface area (Å²) in [6, 6.07) is 0. The van der Waals surface area contributed by atoms with E-state index in [2.05, 4.69) is 6.92 Å². The summed E-state index contributed by atoms with van der Waals surface area (Å²) in [5.41, 5.74) is 0. The van der Waals surface area contributed by atoms with E-state index in [1.807, 2.05) is 25.6 Å². The van der Waals surface area contributed by atoms with Gasteiger partial charge in [-0.3, -0.25) is 0 Å². The van der Waals surface area contributed by atoms with Crippen molar-refractivity contribution in [3.63, 3.8) is 0 Å². The Bertz CT molecular complexity index is 118. The van der Waals surface area contributed by atoms with E-state index in [9.17, 15) is 5.11 Å². The van der Waals surface area contributed by atoms with Crippen LogP contribution in [-0.4, -0.2) is 35.4 Å². The molecular formula is C11H24O2S. The maximum absolute atomic E-state index is 9.51. The second-order valence-electron chi connectivity index (χ2n) is 3.82. The van der Waals surface area contributed by atoms with Crippen LogP contribution in [0.4, 0.5) is 0 Å². The second-order valence-corrected chi connectivity index (χ2v) is 4.97. The zero-order valence-electron chi connectivity index (χ0n) is 9.66. The van der Waals surface area contributed by atoms with E-state index in [4.69, 9.17) is 4.74 Å². The maximum atomic E-state index is 9.51. The van der Waals surface area contributed by atoms with Crippen molar-refractivity contribution in [3.05, 3.63) is 0 Å². The highest BCUT2D eigenvalue weighted by molar-refractivity contribution is 7.99. The van der Waals surface area contributed by atoms with E-state index < -0.39 is 0 Å². The minimum atomic E-state index is -0.302. The van der Waals surface area contributed by atoms with Gasteiger partial charge in [0, 0.05) is 5.75 Å². The van der Waals surface area contributed by atoms with Crippen LogP contribution in [0, 0.1) is 0 Å². The number of unbranched alkanes of at least 4 members (excludes halogenated alkanes) is 2. The van der Waals surface area contributed by atoms with Crippen molar-refractivity contribution < 1.29 is 9.84 Å². The molecule has 0 aromatic carbocycles. The summed E-state index contributed by atoms with van der Waals surface area (Å²) in [5, 5.41) is 9.51. The van der Waals surface area contributed by atoms with E-state index in [0.717, 1.165) is 11.5 Å². The Morgan fingerprint density at radius 1 is 1.29 bits per heavy atom. The lowest BCUT2D eigenvalue weighted by Gasteiger charge is -2.12. The molecule has 0 aliphatic carbocycles. The largest absolute Gasteiger partial charge is 0.390 e. The zero-order chi connectivity index (χ0) is 10.8. The van der Waals surface area contributed by atoms with Crippen LogP contribution >= 0.6 is 11.8 Å². The van der Waals surface area contributed by atoms with Gasteiger partial charge in [0.05, 0.1) is 18.8 Å². The number of aliphatic hydroxyl groups is 1. The van der Waals surface area contributed by atoms with Crippen LogP contribution in [0.5, 0.6) is 0 Å². The van der Waals surface area contributed by atoms with Gasteiger partial charge in [0.25, 0.3) is 0 Å². The highest BCUT2D eigenvalue weighted by atomic mass is 32.2. The molecule has 1 N–H and O–H groups in total. The average Bonchev–Trinajstić information content (AvgIpc) is 2.14. The standard InChI is InChI=1S/C11H24O2S/c1-4-5-6-7-14-9-11(12)8-13-10(2)3/h10-12H,4-9H2,1-3H3. The number of aliphatic hydroxyl groups excluding tert-OH is 1. The Morgan fingerprint density at radius 2 is 2.00 bits per heavy atom. The van der Waals surface area contributed by atoms with E-state index in [1.54, 1.807) is 0 Å². The van der Waals surface area contributed by atoms with Crippen molar-refractivity contribution in [2.75, 3.05) is 18.1 Å². The van der Waals surface area contributed by atoms with Crippen molar-refractivity contribution in [3.8, 4) is 0 Å². The first-order chi connectivity index (χ1) is 6.66. The molecule has 0 aromatic heterocycles. The van der Waals surface area contributed by atoms with Gasteiger partial charge in [0.1, 0.15) is 0 Å². The smallest absolute Gasteiger partial charge is 0.0863 e. The third kappa shape index (κ3) is 10.4. The van der Waals surface area contributed by atoms with Gasteiger partial charge >= 0.3 is 0 Å². The molecule has 0 aliphatic heterocycles. The highest BCUT2D eigenvalue weighted by Crippen LogP contribution is 2.08. The summed E-state index contributed by atoms with van der Waals surface area (Å²) in [5.74, 6) is 1.96. The molecule has 0 aliphatic rings. The minimum Gasteiger partial charge on any atom is -0.390 e. The predicted molar refractivity (Wildman–Crippen MR) is 63.9 cm³/mol. The molecule has 0 saturated carbocycles. The Morgan fingerprint density at radius 3 is 2.57 bits per heavy atom. The molecule has 0 saturated heterocycles. The van der Waals surface area contributed by atoms with Crippen molar-refractivity contribution in [2.45, 2.75) is 52.2 Å². The number of thioether (sulfide) groups is 1. The Hall–Kier alpha value is 0.270. The molecule has 3 heteroatoms. The zero-order valence-corrected chi connectivity index (χ0v) is 10.5. The second kappa shape index (κ2) is 9.81. The molecule has 0 fully saturated rings. The van der Waals surface area contributed by atoms with Crippen molar-refractivity contribution >= 4 is 11.8 Å². The van der Waals surface area contributed by atoms with E-state index >= 15 is 0 Å². The molecule has 2 nitrogen and oxygen atoms in total. The van der Waals surface area contributed by atoms with Gasteiger partial charge < -0.3 is 9.84 Å². The summed E-state index contributed by atoms with van der Waals surface area (Å²) >= 11 is 1.82. The Kier molecular flexibility index (Phi) is 10.0. The molecule has 1 unspecified atom stereocenters. The van der Waals surface area contributed by atoms with Crippen LogP contribution in [-0.2, 0) is 4.74 Å². The van der Waals surface area contributed by atoms with E-state index in [0.29, 0.717) is 6.61 Å². The molecule has 0 amide bonds. The number of hydrogen-bond donors (Lipinski definition) is 1. The molecule has 86 valence electrons. The molecule has 0 bridgehead atoms. The molecule has 0 radical (unpaired) electrons. The topological polar surface area (TPSA) is 29.5 Å². The average molecular weight is 220 g/mol. The minimum absolute atomic E-state index is 0.217. The molecule has 0 spiro atoms. The van der Waals surface area contributed by atoms with Gasteiger partial charge in [-0.1, -0.05) is 19.8 Å². The third-order valence-electron chi connectivity index (χ3n) is 1.82. The van der Waals surface area contributed by atoms with Crippen LogP contribution in [0.15, 0.2) is 0 Å². The number of ether oxygens (including phenoxy) is 1. The lowest BCUT2D eigenvalue weighted by atomic mass is 10.3. The first kappa shape index (κ1) is 14.3. The van der Waals surface area contributed by atoms with Gasteiger partial charge in [-0.15, -0.1) is 0 Å². The van der Waals surface area contributed by atoms with Crippen LogP contribution < -0.4 is 0 Å². The van der Waals surface area contributed by atoms with Gasteiger partial charge in [0.2, 0.25) is 0 Å². The van der Waals surface area contributed by atoms with Crippen molar-refractivity contribution in [1.82, 2.24) is 0 Å². The number of rotatable bonds is 9.